The Hall–Kier alpha value is -2.56. The molecular formula is C13H14BN5O2. The van der Waals surface area contributed by atoms with Gasteiger partial charge in [0.15, 0.2) is 11.5 Å². The van der Waals surface area contributed by atoms with Gasteiger partial charge in [0.1, 0.15) is 31.4 Å². The third-order valence-corrected chi connectivity index (χ3v) is 3.35. The third-order valence-electron chi connectivity index (χ3n) is 3.35. The van der Waals surface area contributed by atoms with Crippen LogP contribution in [0.2, 0.25) is 0 Å². The van der Waals surface area contributed by atoms with Crippen LogP contribution in [0.15, 0.2) is 11.2 Å². The highest BCUT2D eigenvalue weighted by molar-refractivity contribution is 6.33. The van der Waals surface area contributed by atoms with Crippen molar-refractivity contribution in [2.24, 2.45) is 11.0 Å². The second kappa shape index (κ2) is 6.26. The van der Waals surface area contributed by atoms with Crippen LogP contribution in [0.4, 0.5) is 5.82 Å². The fourth-order valence-electron chi connectivity index (χ4n) is 2.23. The van der Waals surface area contributed by atoms with Gasteiger partial charge in [-0.2, -0.15) is 10.4 Å². The van der Waals surface area contributed by atoms with Crippen molar-refractivity contribution in [3.63, 3.8) is 0 Å². The average molecular weight is 283 g/mol. The molecule has 1 heterocycles. The molecule has 1 aromatic heterocycles. The van der Waals surface area contributed by atoms with Crippen molar-refractivity contribution in [2.45, 2.75) is 26.2 Å². The zero-order valence-corrected chi connectivity index (χ0v) is 11.9. The quantitative estimate of drug-likeness (QED) is 0.341. The van der Waals surface area contributed by atoms with Crippen LogP contribution < -0.4 is 10.9 Å². The number of hydrazone groups is 1. The zero-order valence-electron chi connectivity index (χ0n) is 11.9. The van der Waals surface area contributed by atoms with Gasteiger partial charge in [-0.05, 0) is 24.9 Å². The number of Topliss-reactive ketones (excluding diaryl/α,β-unsaturated/α-hetero) is 2. The van der Waals surface area contributed by atoms with E-state index in [9.17, 15) is 9.59 Å². The number of rotatable bonds is 3. The minimum atomic E-state index is -0.751. The van der Waals surface area contributed by atoms with Gasteiger partial charge >= 0.3 is 0 Å². The second-order valence-corrected chi connectivity index (χ2v) is 4.96. The first kappa shape index (κ1) is 14.8. The van der Waals surface area contributed by atoms with Crippen molar-refractivity contribution in [3.8, 4) is 6.07 Å². The summed E-state index contributed by atoms with van der Waals surface area (Å²) in [7, 11) is 1.74. The Morgan fingerprint density at radius 2 is 2.10 bits per heavy atom. The van der Waals surface area contributed by atoms with E-state index >= 15 is 0 Å². The number of nitriles is 1. The lowest BCUT2D eigenvalue weighted by atomic mass is 9.84. The van der Waals surface area contributed by atoms with E-state index in [0.717, 1.165) is 0 Å². The lowest BCUT2D eigenvalue weighted by molar-refractivity contribution is -0.132. The van der Waals surface area contributed by atoms with Gasteiger partial charge in [-0.15, -0.1) is 10.2 Å². The Bertz CT molecular complexity index is 649. The molecule has 1 aliphatic rings. The van der Waals surface area contributed by atoms with Crippen molar-refractivity contribution >= 4 is 36.4 Å². The third kappa shape index (κ3) is 3.31. The predicted octanol–water partition coefficient (Wildman–Crippen LogP) is -0.667. The van der Waals surface area contributed by atoms with Crippen LogP contribution in [-0.2, 0) is 9.59 Å². The van der Waals surface area contributed by atoms with Gasteiger partial charge in [-0.1, -0.05) is 0 Å². The molecule has 0 aliphatic heterocycles. The highest BCUT2D eigenvalue weighted by Crippen LogP contribution is 2.19. The number of aromatic nitrogens is 2. The molecule has 0 unspecified atom stereocenters. The van der Waals surface area contributed by atoms with E-state index in [1.54, 1.807) is 20.8 Å². The Balaban J connectivity index is 2.13. The van der Waals surface area contributed by atoms with E-state index in [0.29, 0.717) is 36.3 Å². The summed E-state index contributed by atoms with van der Waals surface area (Å²) >= 11 is 0. The average Bonchev–Trinajstić information content (AvgIpc) is 2.45. The molecule has 7 nitrogen and oxygen atoms in total. The minimum Gasteiger partial charge on any atom is -0.298 e. The Labute approximate surface area is 122 Å². The molecular weight excluding hydrogens is 269 g/mol. The van der Waals surface area contributed by atoms with Crippen LogP contribution >= 0.6 is 0 Å². The maximum atomic E-state index is 11.8. The molecule has 1 N–H and O–H groups in total. The largest absolute Gasteiger partial charge is 0.298 e. The van der Waals surface area contributed by atoms with E-state index in [1.807, 2.05) is 6.07 Å². The molecule has 1 aromatic rings. The molecule has 0 saturated heterocycles. The van der Waals surface area contributed by atoms with Crippen LogP contribution in [-0.4, -0.2) is 35.3 Å². The van der Waals surface area contributed by atoms with Gasteiger partial charge < -0.3 is 0 Å². The van der Waals surface area contributed by atoms with Crippen LogP contribution in [0.1, 0.15) is 31.9 Å². The predicted molar refractivity (Wildman–Crippen MR) is 79.0 cm³/mol. The molecule has 0 radical (unpaired) electrons. The Morgan fingerprint density at radius 1 is 1.43 bits per heavy atom. The van der Waals surface area contributed by atoms with E-state index in [-0.39, 0.29) is 17.3 Å². The molecule has 0 spiro atoms. The molecule has 0 amide bonds. The summed E-state index contributed by atoms with van der Waals surface area (Å²) in [6, 6.07) is 3.56. The minimum absolute atomic E-state index is 0.0867. The molecule has 2 rings (SSSR count). The van der Waals surface area contributed by atoms with Gasteiger partial charge in [-0.25, -0.2) is 0 Å². The normalized spacial score (nSPS) is 16.7. The molecule has 0 aromatic carbocycles. The first-order valence-electron chi connectivity index (χ1n) is 6.63. The molecule has 8 heteroatoms. The van der Waals surface area contributed by atoms with Crippen LogP contribution in [0, 0.1) is 17.2 Å². The van der Waals surface area contributed by atoms with Crippen molar-refractivity contribution in [2.75, 3.05) is 5.43 Å². The molecule has 21 heavy (non-hydrogen) atoms. The molecule has 0 atom stereocenters. The lowest BCUT2D eigenvalue weighted by Gasteiger charge is -2.18. The summed E-state index contributed by atoms with van der Waals surface area (Å²) < 4.78 is 0. The van der Waals surface area contributed by atoms with Gasteiger partial charge in [0.05, 0.1) is 5.71 Å². The molecule has 106 valence electrons. The lowest BCUT2D eigenvalue weighted by Crippen LogP contribution is -2.34. The number of hydrogen-bond acceptors (Lipinski definition) is 7. The highest BCUT2D eigenvalue weighted by Gasteiger charge is 2.32. The molecule has 1 aliphatic carbocycles. The molecule has 0 bridgehead atoms. The number of ketones is 2. The van der Waals surface area contributed by atoms with E-state index < -0.39 is 5.92 Å². The Kier molecular flexibility index (Phi) is 4.43. The number of hydrogen-bond donors (Lipinski definition) is 1. The SMILES string of the molecule is Bc1cc(N/N=C(\C)C2C(=O)CCCC2=O)nnc1C#N. The standard InChI is InChI=1S/C13H14BN5O2/c1-7(13-10(20)3-2-4-11(13)21)16-18-12-5-8(14)9(6-15)17-19-12/h5,13H,2-4,14H2,1H3,(H,18,19)/b16-7+. The van der Waals surface area contributed by atoms with Gasteiger partial charge in [0.2, 0.25) is 0 Å². The number of nitrogens with zero attached hydrogens (tertiary/aromatic N) is 4. The summed E-state index contributed by atoms with van der Waals surface area (Å²) in [5.41, 5.74) is 4.02. The second-order valence-electron chi connectivity index (χ2n) is 4.96. The van der Waals surface area contributed by atoms with Crippen molar-refractivity contribution < 1.29 is 9.59 Å². The number of nitrogens with one attached hydrogen (secondary N) is 1. The van der Waals surface area contributed by atoms with Gasteiger partial charge in [0.25, 0.3) is 0 Å². The summed E-state index contributed by atoms with van der Waals surface area (Å²) in [5.74, 6) is -0.562. The van der Waals surface area contributed by atoms with Crippen molar-refractivity contribution in [1.82, 2.24) is 10.2 Å². The van der Waals surface area contributed by atoms with Crippen LogP contribution in [0.25, 0.3) is 0 Å². The van der Waals surface area contributed by atoms with Gasteiger partial charge in [-0.3, -0.25) is 15.0 Å². The van der Waals surface area contributed by atoms with E-state index in [4.69, 9.17) is 5.26 Å². The van der Waals surface area contributed by atoms with Crippen LogP contribution in [0.5, 0.6) is 0 Å². The first-order chi connectivity index (χ1) is 10.0. The number of anilines is 1. The van der Waals surface area contributed by atoms with E-state index in [1.165, 1.54) is 0 Å². The summed E-state index contributed by atoms with van der Waals surface area (Å²) in [5, 5.41) is 20.4. The van der Waals surface area contributed by atoms with Crippen molar-refractivity contribution in [1.29, 1.82) is 5.26 Å². The molecule has 1 fully saturated rings. The first-order valence-corrected chi connectivity index (χ1v) is 6.63. The summed E-state index contributed by atoms with van der Waals surface area (Å²) in [4.78, 5) is 23.6. The monoisotopic (exact) mass is 283 g/mol. The maximum Gasteiger partial charge on any atom is 0.168 e. The number of carbonyl (C=O) groups is 2. The fraction of sp³-hybridized carbons (Fsp3) is 0.385. The Morgan fingerprint density at radius 3 is 2.67 bits per heavy atom. The van der Waals surface area contributed by atoms with Crippen LogP contribution in [0.3, 0.4) is 0 Å². The topological polar surface area (TPSA) is 108 Å². The molecule has 1 saturated carbocycles. The van der Waals surface area contributed by atoms with E-state index in [2.05, 4.69) is 20.7 Å². The fourth-order valence-corrected chi connectivity index (χ4v) is 2.23. The summed E-state index contributed by atoms with van der Waals surface area (Å²) in [6.45, 7) is 1.64. The smallest absolute Gasteiger partial charge is 0.168 e. The highest BCUT2D eigenvalue weighted by atomic mass is 16.2. The number of carbonyl (C=O) groups excluding carboxylic acids is 2. The van der Waals surface area contributed by atoms with Gasteiger partial charge in [0, 0.05) is 12.8 Å². The summed E-state index contributed by atoms with van der Waals surface area (Å²) in [6.07, 6.45) is 1.45. The van der Waals surface area contributed by atoms with Crippen molar-refractivity contribution in [3.05, 3.63) is 11.8 Å². The zero-order chi connectivity index (χ0) is 15.4. The maximum absolute atomic E-state index is 11.8.